The van der Waals surface area contributed by atoms with Gasteiger partial charge in [-0.1, -0.05) is 54.6 Å². The second-order valence-corrected chi connectivity index (χ2v) is 7.78. The first-order valence-corrected chi connectivity index (χ1v) is 9.93. The van der Waals surface area contributed by atoms with Gasteiger partial charge in [-0.25, -0.2) is 0 Å². The van der Waals surface area contributed by atoms with E-state index in [1.54, 1.807) is 4.90 Å². The Labute approximate surface area is 165 Å². The van der Waals surface area contributed by atoms with Gasteiger partial charge < -0.3 is 15.3 Å². The van der Waals surface area contributed by atoms with Crippen molar-refractivity contribution in [2.24, 2.45) is 5.92 Å². The zero-order chi connectivity index (χ0) is 19.7. The number of aliphatic hydroxyl groups excluding tert-OH is 1. The summed E-state index contributed by atoms with van der Waals surface area (Å²) in [5.74, 6) is 0.164. The van der Waals surface area contributed by atoms with Crippen molar-refractivity contribution in [3.8, 4) is 11.1 Å². The molecule has 2 N–H and O–H groups in total. The van der Waals surface area contributed by atoms with E-state index in [-0.39, 0.29) is 42.3 Å². The summed E-state index contributed by atoms with van der Waals surface area (Å²) in [6.45, 7) is 1.86. The molecule has 1 aliphatic carbocycles. The number of likely N-dealkylation sites (tertiary alicyclic amines) is 1. The Kier molecular flexibility index (Phi) is 5.18. The summed E-state index contributed by atoms with van der Waals surface area (Å²) in [7, 11) is 0. The third-order valence-electron chi connectivity index (χ3n) is 5.93. The summed E-state index contributed by atoms with van der Waals surface area (Å²) in [6.07, 6.45) is 1.91. The highest BCUT2D eigenvalue weighted by Crippen LogP contribution is 2.41. The number of hydrogen-bond acceptors (Lipinski definition) is 3. The molecular formula is C23H26N2O3. The van der Waals surface area contributed by atoms with E-state index in [1.807, 2.05) is 18.2 Å². The Bertz CT molecular complexity index is 846. The predicted octanol–water partition coefficient (Wildman–Crippen LogP) is 2.56. The lowest BCUT2D eigenvalue weighted by Gasteiger charge is -2.54. The van der Waals surface area contributed by atoms with Gasteiger partial charge in [0.25, 0.3) is 0 Å². The van der Waals surface area contributed by atoms with E-state index in [4.69, 9.17) is 0 Å². The third kappa shape index (κ3) is 3.54. The molecule has 1 saturated carbocycles. The molecule has 0 bridgehead atoms. The molecule has 2 aromatic rings. The Hall–Kier alpha value is -2.66. The monoisotopic (exact) mass is 378 g/mol. The molecule has 0 spiro atoms. The second kappa shape index (κ2) is 7.76. The highest BCUT2D eigenvalue weighted by Gasteiger charge is 2.50. The number of benzene rings is 2. The van der Waals surface area contributed by atoms with Crippen LogP contribution in [0.5, 0.6) is 0 Å². The van der Waals surface area contributed by atoms with Gasteiger partial charge in [0.2, 0.25) is 11.8 Å². The minimum atomic E-state index is -0.247. The van der Waals surface area contributed by atoms with E-state index >= 15 is 0 Å². The van der Waals surface area contributed by atoms with Gasteiger partial charge in [0, 0.05) is 25.3 Å². The van der Waals surface area contributed by atoms with Gasteiger partial charge >= 0.3 is 0 Å². The fraction of sp³-hybridized carbons (Fsp3) is 0.391. The molecule has 0 aromatic heterocycles. The van der Waals surface area contributed by atoms with Crippen molar-refractivity contribution < 1.29 is 14.7 Å². The number of nitrogens with zero attached hydrogens (tertiary/aromatic N) is 1. The normalized spacial score (nSPS) is 23.8. The van der Waals surface area contributed by atoms with Crippen LogP contribution in [0.1, 0.15) is 31.2 Å². The molecule has 5 heteroatoms. The van der Waals surface area contributed by atoms with Crippen LogP contribution in [-0.2, 0) is 9.59 Å². The predicted molar refractivity (Wildman–Crippen MR) is 108 cm³/mol. The number of rotatable bonds is 6. The molecule has 1 heterocycles. The van der Waals surface area contributed by atoms with E-state index in [1.165, 1.54) is 6.92 Å². The van der Waals surface area contributed by atoms with E-state index < -0.39 is 0 Å². The molecule has 1 saturated heterocycles. The Morgan fingerprint density at radius 2 is 1.64 bits per heavy atom. The topological polar surface area (TPSA) is 69.6 Å². The summed E-state index contributed by atoms with van der Waals surface area (Å²) >= 11 is 0. The van der Waals surface area contributed by atoms with Crippen molar-refractivity contribution in [1.29, 1.82) is 0 Å². The summed E-state index contributed by atoms with van der Waals surface area (Å²) in [5.41, 5.74) is 3.37. The van der Waals surface area contributed by atoms with Crippen molar-refractivity contribution in [2.45, 2.75) is 37.8 Å². The standard InChI is InChI=1S/C23H26N2O3/c1-15(27)25-20(13-24-23(28)19-11-12-19)22(21(25)14-26)18-9-7-17(8-10-18)16-5-3-2-4-6-16/h2-10,19-22,26H,11-14H2,1H3,(H,24,28)/t20-,21+,22-/m1/s1. The highest BCUT2D eigenvalue weighted by molar-refractivity contribution is 5.81. The molecule has 28 heavy (non-hydrogen) atoms. The minimum Gasteiger partial charge on any atom is -0.394 e. The average molecular weight is 378 g/mol. The molecule has 146 valence electrons. The highest BCUT2D eigenvalue weighted by atomic mass is 16.3. The van der Waals surface area contributed by atoms with Gasteiger partial charge in [-0.3, -0.25) is 9.59 Å². The summed E-state index contributed by atoms with van der Waals surface area (Å²) in [5, 5.41) is 12.9. The molecule has 2 fully saturated rings. The zero-order valence-electron chi connectivity index (χ0n) is 16.0. The van der Waals surface area contributed by atoms with Gasteiger partial charge in [0.15, 0.2) is 0 Å². The lowest BCUT2D eigenvalue weighted by molar-refractivity contribution is -0.148. The van der Waals surface area contributed by atoms with Crippen LogP contribution in [0.4, 0.5) is 0 Å². The smallest absolute Gasteiger partial charge is 0.223 e. The first-order valence-electron chi connectivity index (χ1n) is 9.93. The fourth-order valence-electron chi connectivity index (χ4n) is 4.31. The molecule has 3 atom stereocenters. The van der Waals surface area contributed by atoms with Gasteiger partial charge in [-0.05, 0) is 29.5 Å². The van der Waals surface area contributed by atoms with E-state index in [2.05, 4.69) is 41.7 Å². The Morgan fingerprint density at radius 3 is 2.21 bits per heavy atom. The molecule has 4 rings (SSSR count). The van der Waals surface area contributed by atoms with E-state index in [9.17, 15) is 14.7 Å². The number of aliphatic hydroxyl groups is 1. The molecular weight excluding hydrogens is 352 g/mol. The maximum Gasteiger partial charge on any atom is 0.223 e. The van der Waals surface area contributed by atoms with Gasteiger partial charge in [-0.2, -0.15) is 0 Å². The van der Waals surface area contributed by atoms with Crippen molar-refractivity contribution in [1.82, 2.24) is 10.2 Å². The Morgan fingerprint density at radius 1 is 1.00 bits per heavy atom. The van der Waals surface area contributed by atoms with Crippen LogP contribution < -0.4 is 5.32 Å². The lowest BCUT2D eigenvalue weighted by atomic mass is 9.74. The maximum atomic E-state index is 12.1. The lowest BCUT2D eigenvalue weighted by Crippen LogP contribution is -2.68. The average Bonchev–Trinajstić information content (AvgIpc) is 3.53. The molecule has 0 unspecified atom stereocenters. The number of amides is 2. The van der Waals surface area contributed by atoms with Crippen LogP contribution >= 0.6 is 0 Å². The fourth-order valence-corrected chi connectivity index (χ4v) is 4.31. The molecule has 2 aliphatic rings. The first-order chi connectivity index (χ1) is 13.6. The molecule has 2 amide bonds. The molecule has 2 aromatic carbocycles. The van der Waals surface area contributed by atoms with Crippen LogP contribution in [0.2, 0.25) is 0 Å². The van der Waals surface area contributed by atoms with Crippen LogP contribution in [-0.4, -0.2) is 47.1 Å². The zero-order valence-corrected chi connectivity index (χ0v) is 16.0. The van der Waals surface area contributed by atoms with Crippen LogP contribution in [0, 0.1) is 5.92 Å². The third-order valence-corrected chi connectivity index (χ3v) is 5.93. The van der Waals surface area contributed by atoms with Crippen molar-refractivity contribution in [3.05, 3.63) is 60.2 Å². The number of nitrogens with one attached hydrogen (secondary N) is 1. The second-order valence-electron chi connectivity index (χ2n) is 7.78. The Balaban J connectivity index is 1.54. The van der Waals surface area contributed by atoms with Crippen LogP contribution in [0.3, 0.4) is 0 Å². The van der Waals surface area contributed by atoms with Gasteiger partial charge in [0.1, 0.15) is 0 Å². The van der Waals surface area contributed by atoms with Crippen LogP contribution in [0.25, 0.3) is 11.1 Å². The van der Waals surface area contributed by atoms with Crippen molar-refractivity contribution in [3.63, 3.8) is 0 Å². The largest absolute Gasteiger partial charge is 0.394 e. The van der Waals surface area contributed by atoms with Crippen molar-refractivity contribution >= 4 is 11.8 Å². The summed E-state index contributed by atoms with van der Waals surface area (Å²) < 4.78 is 0. The maximum absolute atomic E-state index is 12.1. The minimum absolute atomic E-state index is 0.0122. The van der Waals surface area contributed by atoms with Crippen LogP contribution in [0.15, 0.2) is 54.6 Å². The van der Waals surface area contributed by atoms with Gasteiger partial charge in [0.05, 0.1) is 18.7 Å². The first kappa shape index (κ1) is 18.7. The molecule has 1 aliphatic heterocycles. The SMILES string of the molecule is CC(=O)N1[C@H](CNC(=O)C2CC2)[C@@H](c2ccc(-c3ccccc3)cc2)[C@@H]1CO. The summed E-state index contributed by atoms with van der Waals surface area (Å²) in [6, 6.07) is 18.1. The number of carbonyl (C=O) groups is 2. The molecule has 5 nitrogen and oxygen atoms in total. The van der Waals surface area contributed by atoms with Crippen molar-refractivity contribution in [2.75, 3.05) is 13.2 Å². The quantitative estimate of drug-likeness (QED) is 0.812. The van der Waals surface area contributed by atoms with E-state index in [0.717, 1.165) is 29.5 Å². The number of carbonyl (C=O) groups excluding carboxylic acids is 2. The summed E-state index contributed by atoms with van der Waals surface area (Å²) in [4.78, 5) is 25.9. The van der Waals surface area contributed by atoms with Gasteiger partial charge in [-0.15, -0.1) is 0 Å². The van der Waals surface area contributed by atoms with E-state index in [0.29, 0.717) is 6.54 Å². The number of hydrogen-bond donors (Lipinski definition) is 2. The molecule has 0 radical (unpaired) electrons.